The van der Waals surface area contributed by atoms with Crippen molar-refractivity contribution in [1.82, 2.24) is 9.97 Å². The lowest BCUT2D eigenvalue weighted by Crippen LogP contribution is -2.07. The summed E-state index contributed by atoms with van der Waals surface area (Å²) < 4.78 is 0. The molecule has 0 saturated carbocycles. The van der Waals surface area contributed by atoms with E-state index in [1.165, 1.54) is 5.56 Å². The Morgan fingerprint density at radius 3 is 2.40 bits per heavy atom. The average Bonchev–Trinajstić information content (AvgIpc) is 2.45. The first-order valence-corrected chi connectivity index (χ1v) is 7.30. The molecule has 0 aliphatic carbocycles. The summed E-state index contributed by atoms with van der Waals surface area (Å²) in [5.41, 5.74) is 3.39. The van der Waals surface area contributed by atoms with E-state index < -0.39 is 0 Å². The van der Waals surface area contributed by atoms with Crippen molar-refractivity contribution in [3.05, 3.63) is 41.7 Å². The van der Waals surface area contributed by atoms with Crippen molar-refractivity contribution in [3.8, 4) is 11.3 Å². The average molecular weight is 269 g/mol. The van der Waals surface area contributed by atoms with Gasteiger partial charge in [-0.1, -0.05) is 50.6 Å². The highest BCUT2D eigenvalue weighted by Gasteiger charge is 2.09. The van der Waals surface area contributed by atoms with Crippen molar-refractivity contribution < 1.29 is 0 Å². The number of aromatic nitrogens is 2. The molecule has 1 aromatic carbocycles. The lowest BCUT2D eigenvalue weighted by molar-refractivity contribution is 0.775. The van der Waals surface area contributed by atoms with Crippen LogP contribution in [0.15, 0.2) is 30.3 Å². The van der Waals surface area contributed by atoms with E-state index in [1.807, 2.05) is 6.07 Å². The summed E-state index contributed by atoms with van der Waals surface area (Å²) in [5.74, 6) is 2.13. The zero-order valence-corrected chi connectivity index (χ0v) is 12.8. The molecule has 0 unspecified atom stereocenters. The van der Waals surface area contributed by atoms with Gasteiger partial charge >= 0.3 is 0 Å². The van der Waals surface area contributed by atoms with E-state index in [0.29, 0.717) is 5.92 Å². The minimum atomic E-state index is 0.322. The van der Waals surface area contributed by atoms with Gasteiger partial charge in [-0.05, 0) is 13.3 Å². The molecular formula is C17H23N3. The molecule has 0 aliphatic rings. The van der Waals surface area contributed by atoms with Crippen LogP contribution in [0, 0.1) is 6.92 Å². The van der Waals surface area contributed by atoms with E-state index in [2.05, 4.69) is 67.2 Å². The first-order valence-electron chi connectivity index (χ1n) is 7.30. The number of hydrogen-bond acceptors (Lipinski definition) is 3. The van der Waals surface area contributed by atoms with E-state index in [1.54, 1.807) is 0 Å². The summed E-state index contributed by atoms with van der Waals surface area (Å²) >= 11 is 0. The second-order valence-electron chi connectivity index (χ2n) is 5.44. The SMILES string of the molecule is CCCNc1cc(-c2ccc(C)cc2)nc(C(C)C)n1. The molecule has 1 N–H and O–H groups in total. The predicted octanol–water partition coefficient (Wildman–Crippen LogP) is 4.40. The van der Waals surface area contributed by atoms with Gasteiger partial charge in [0.25, 0.3) is 0 Å². The monoisotopic (exact) mass is 269 g/mol. The summed E-state index contributed by atoms with van der Waals surface area (Å²) in [5, 5.41) is 3.36. The molecule has 0 amide bonds. The van der Waals surface area contributed by atoms with Gasteiger partial charge in [-0.3, -0.25) is 0 Å². The molecule has 0 bridgehead atoms. The van der Waals surface area contributed by atoms with E-state index in [0.717, 1.165) is 35.9 Å². The Kier molecular flexibility index (Phi) is 4.72. The van der Waals surface area contributed by atoms with E-state index in [-0.39, 0.29) is 0 Å². The van der Waals surface area contributed by atoms with Crippen LogP contribution < -0.4 is 5.32 Å². The number of aryl methyl sites for hydroxylation is 1. The lowest BCUT2D eigenvalue weighted by Gasteiger charge is -2.11. The Labute approximate surface area is 121 Å². The maximum absolute atomic E-state index is 4.69. The molecule has 3 heteroatoms. The van der Waals surface area contributed by atoms with Crippen LogP contribution in [0.4, 0.5) is 5.82 Å². The third-order valence-corrected chi connectivity index (χ3v) is 3.16. The molecule has 0 spiro atoms. The van der Waals surface area contributed by atoms with E-state index in [4.69, 9.17) is 0 Å². The molecule has 3 nitrogen and oxygen atoms in total. The van der Waals surface area contributed by atoms with Crippen LogP contribution in [0.25, 0.3) is 11.3 Å². The Morgan fingerprint density at radius 2 is 1.80 bits per heavy atom. The molecule has 0 radical (unpaired) electrons. The highest BCUT2D eigenvalue weighted by molar-refractivity contribution is 5.63. The summed E-state index contributed by atoms with van der Waals surface area (Å²) in [4.78, 5) is 9.28. The second-order valence-corrected chi connectivity index (χ2v) is 5.44. The maximum Gasteiger partial charge on any atom is 0.133 e. The van der Waals surface area contributed by atoms with Crippen molar-refractivity contribution >= 4 is 5.82 Å². The Hall–Kier alpha value is -1.90. The smallest absolute Gasteiger partial charge is 0.133 e. The molecule has 2 rings (SSSR count). The zero-order valence-electron chi connectivity index (χ0n) is 12.8. The highest BCUT2D eigenvalue weighted by Crippen LogP contribution is 2.22. The summed E-state index contributed by atoms with van der Waals surface area (Å²) in [6.07, 6.45) is 1.08. The van der Waals surface area contributed by atoms with Gasteiger partial charge in [0.15, 0.2) is 0 Å². The van der Waals surface area contributed by atoms with Crippen molar-refractivity contribution in [1.29, 1.82) is 0 Å². The van der Waals surface area contributed by atoms with Crippen LogP contribution in [0.3, 0.4) is 0 Å². The lowest BCUT2D eigenvalue weighted by atomic mass is 10.1. The van der Waals surface area contributed by atoms with Crippen molar-refractivity contribution in [2.45, 2.75) is 40.0 Å². The molecule has 106 valence electrons. The molecule has 0 saturated heterocycles. The fourth-order valence-electron chi connectivity index (χ4n) is 1.94. The number of rotatable bonds is 5. The fourth-order valence-corrected chi connectivity index (χ4v) is 1.94. The van der Waals surface area contributed by atoms with Gasteiger partial charge in [0.2, 0.25) is 0 Å². The van der Waals surface area contributed by atoms with Gasteiger partial charge in [0, 0.05) is 24.1 Å². The molecule has 0 fully saturated rings. The first-order chi connectivity index (χ1) is 9.60. The number of hydrogen-bond donors (Lipinski definition) is 1. The van der Waals surface area contributed by atoms with Gasteiger partial charge in [0.05, 0.1) is 5.69 Å². The predicted molar refractivity (Wildman–Crippen MR) is 85.1 cm³/mol. The Bertz CT molecular complexity index is 559. The van der Waals surface area contributed by atoms with Crippen LogP contribution in [0.5, 0.6) is 0 Å². The molecule has 2 aromatic rings. The Balaban J connectivity index is 2.40. The molecular weight excluding hydrogens is 246 g/mol. The minimum absolute atomic E-state index is 0.322. The van der Waals surface area contributed by atoms with Crippen LogP contribution in [-0.4, -0.2) is 16.5 Å². The topological polar surface area (TPSA) is 37.8 Å². The molecule has 20 heavy (non-hydrogen) atoms. The number of nitrogens with zero attached hydrogens (tertiary/aromatic N) is 2. The van der Waals surface area contributed by atoms with Gasteiger partial charge in [-0.25, -0.2) is 9.97 Å². The van der Waals surface area contributed by atoms with Crippen LogP contribution >= 0.6 is 0 Å². The summed E-state index contributed by atoms with van der Waals surface area (Å²) in [6.45, 7) is 9.42. The van der Waals surface area contributed by atoms with Gasteiger partial charge < -0.3 is 5.32 Å². The third-order valence-electron chi connectivity index (χ3n) is 3.16. The highest BCUT2D eigenvalue weighted by atomic mass is 15.0. The number of nitrogens with one attached hydrogen (secondary N) is 1. The van der Waals surface area contributed by atoms with Crippen LogP contribution in [-0.2, 0) is 0 Å². The van der Waals surface area contributed by atoms with Crippen molar-refractivity contribution in [2.24, 2.45) is 0 Å². The molecule has 0 atom stereocenters. The molecule has 0 aliphatic heterocycles. The second kappa shape index (κ2) is 6.51. The maximum atomic E-state index is 4.69. The molecule has 1 aromatic heterocycles. The van der Waals surface area contributed by atoms with Gasteiger partial charge in [-0.15, -0.1) is 0 Å². The van der Waals surface area contributed by atoms with Crippen molar-refractivity contribution in [2.75, 3.05) is 11.9 Å². The van der Waals surface area contributed by atoms with Gasteiger partial charge in [0.1, 0.15) is 11.6 Å². The van der Waals surface area contributed by atoms with Crippen molar-refractivity contribution in [3.63, 3.8) is 0 Å². The molecule has 1 heterocycles. The standard InChI is InChI=1S/C17H23N3/c1-5-10-18-16-11-15(19-17(20-16)12(2)3)14-8-6-13(4)7-9-14/h6-9,11-12H,5,10H2,1-4H3,(H,18,19,20). The largest absolute Gasteiger partial charge is 0.370 e. The van der Waals surface area contributed by atoms with Crippen LogP contribution in [0.1, 0.15) is 44.5 Å². The quantitative estimate of drug-likeness (QED) is 0.874. The normalized spacial score (nSPS) is 10.8. The number of anilines is 1. The van der Waals surface area contributed by atoms with Crippen LogP contribution in [0.2, 0.25) is 0 Å². The zero-order chi connectivity index (χ0) is 14.5. The third kappa shape index (κ3) is 3.56. The first kappa shape index (κ1) is 14.5. The minimum Gasteiger partial charge on any atom is -0.370 e. The van der Waals surface area contributed by atoms with E-state index in [9.17, 15) is 0 Å². The summed E-state index contributed by atoms with van der Waals surface area (Å²) in [6, 6.07) is 10.5. The van der Waals surface area contributed by atoms with Gasteiger partial charge in [-0.2, -0.15) is 0 Å². The van der Waals surface area contributed by atoms with E-state index >= 15 is 0 Å². The summed E-state index contributed by atoms with van der Waals surface area (Å²) in [7, 11) is 0. The number of benzene rings is 1. The fraction of sp³-hybridized carbons (Fsp3) is 0.412. The Morgan fingerprint density at radius 1 is 1.10 bits per heavy atom.